The van der Waals surface area contributed by atoms with Crippen LogP contribution in [-0.2, 0) is 24.0 Å². The van der Waals surface area contributed by atoms with Crippen LogP contribution in [0.15, 0.2) is 0 Å². The van der Waals surface area contributed by atoms with Crippen LogP contribution >= 0.6 is 0 Å². The van der Waals surface area contributed by atoms with Gasteiger partial charge in [0.2, 0.25) is 0 Å². The first-order chi connectivity index (χ1) is 9.44. The lowest BCUT2D eigenvalue weighted by Crippen LogP contribution is -2.47. The fourth-order valence-electron chi connectivity index (χ4n) is 1.64. The zero-order valence-corrected chi connectivity index (χ0v) is 10.7. The van der Waals surface area contributed by atoms with E-state index in [-0.39, 0.29) is 6.42 Å². The van der Waals surface area contributed by atoms with Crippen LogP contribution in [0.1, 0.15) is 13.3 Å². The van der Waals surface area contributed by atoms with E-state index in [1.165, 1.54) is 0 Å². The van der Waals surface area contributed by atoms with Crippen molar-refractivity contribution in [2.24, 2.45) is 17.3 Å². The summed E-state index contributed by atoms with van der Waals surface area (Å²) in [5.41, 5.74) is -2.80. The standard InChI is InChI=1S/C11H13O10/c1-11(9(18)19,10(20)21)5(8(16)17)2-4(7(14)15)3-6(12)13/h3-5H,2H2,1H3,(H,12,13)(H,14,15)(H,16,17)(H,18,19)(H,20,21). The predicted octanol–water partition coefficient (Wildman–Crippen LogP) is -0.758. The minimum absolute atomic E-state index is 0.266. The Balaban J connectivity index is 5.64. The van der Waals surface area contributed by atoms with E-state index in [1.807, 2.05) is 0 Å². The zero-order chi connectivity index (χ0) is 17.0. The predicted molar refractivity (Wildman–Crippen MR) is 62.2 cm³/mol. The molecule has 10 heteroatoms. The Bertz CT molecular complexity index is 465. The molecule has 10 nitrogen and oxygen atoms in total. The Kier molecular flexibility index (Phi) is 5.84. The molecule has 0 aromatic carbocycles. The summed E-state index contributed by atoms with van der Waals surface area (Å²) in [6, 6.07) is 0. The summed E-state index contributed by atoms with van der Waals surface area (Å²) < 4.78 is 0. The SMILES string of the molecule is CC(C(=O)O)(C(=O)O)C(CC([CH]C(=O)O)C(=O)O)C(=O)O. The quantitative estimate of drug-likeness (QED) is 0.339. The Morgan fingerprint density at radius 3 is 1.57 bits per heavy atom. The molecule has 0 aromatic heterocycles. The summed E-state index contributed by atoms with van der Waals surface area (Å²) in [6.45, 7) is 0.621. The molecule has 0 saturated carbocycles. The molecule has 117 valence electrons. The summed E-state index contributed by atoms with van der Waals surface area (Å²) in [5.74, 6) is -13.1. The van der Waals surface area contributed by atoms with Crippen LogP contribution in [0, 0.1) is 23.7 Å². The maximum absolute atomic E-state index is 11.1. The van der Waals surface area contributed by atoms with Crippen LogP contribution in [0.5, 0.6) is 0 Å². The van der Waals surface area contributed by atoms with E-state index in [9.17, 15) is 24.0 Å². The maximum Gasteiger partial charge on any atom is 0.321 e. The van der Waals surface area contributed by atoms with Gasteiger partial charge in [-0.1, -0.05) is 0 Å². The van der Waals surface area contributed by atoms with Crippen molar-refractivity contribution in [3.8, 4) is 0 Å². The Labute approximate surface area is 117 Å². The average Bonchev–Trinajstić information content (AvgIpc) is 2.31. The van der Waals surface area contributed by atoms with E-state index in [4.69, 9.17) is 25.5 Å². The lowest BCUT2D eigenvalue weighted by molar-refractivity contribution is -0.175. The van der Waals surface area contributed by atoms with Gasteiger partial charge in [0.05, 0.1) is 18.3 Å². The molecular weight excluding hydrogens is 292 g/mol. The number of carbonyl (C=O) groups is 5. The molecule has 0 fully saturated rings. The second-order valence-corrected chi connectivity index (χ2v) is 4.39. The van der Waals surface area contributed by atoms with Crippen LogP contribution in [-0.4, -0.2) is 55.4 Å². The highest BCUT2D eigenvalue weighted by molar-refractivity contribution is 6.02. The van der Waals surface area contributed by atoms with Gasteiger partial charge in [-0.3, -0.25) is 24.0 Å². The van der Waals surface area contributed by atoms with E-state index < -0.39 is 53.5 Å². The lowest BCUT2D eigenvalue weighted by Gasteiger charge is -2.28. The van der Waals surface area contributed by atoms with Crippen molar-refractivity contribution in [2.75, 3.05) is 0 Å². The zero-order valence-electron chi connectivity index (χ0n) is 10.7. The Morgan fingerprint density at radius 1 is 0.905 bits per heavy atom. The highest BCUT2D eigenvalue weighted by atomic mass is 16.4. The van der Waals surface area contributed by atoms with Crippen LogP contribution in [0.25, 0.3) is 0 Å². The number of hydrogen-bond acceptors (Lipinski definition) is 5. The van der Waals surface area contributed by atoms with Gasteiger partial charge in [-0.25, -0.2) is 0 Å². The number of aliphatic carboxylic acids is 5. The van der Waals surface area contributed by atoms with Crippen molar-refractivity contribution < 1.29 is 49.5 Å². The van der Waals surface area contributed by atoms with Crippen molar-refractivity contribution in [1.82, 2.24) is 0 Å². The average molecular weight is 305 g/mol. The highest BCUT2D eigenvalue weighted by Crippen LogP contribution is 2.34. The maximum atomic E-state index is 11.1. The minimum atomic E-state index is -2.80. The molecule has 0 rings (SSSR count). The van der Waals surface area contributed by atoms with Gasteiger partial charge in [0, 0.05) is 0 Å². The van der Waals surface area contributed by atoms with Gasteiger partial charge in [-0.2, -0.15) is 0 Å². The Hall–Kier alpha value is -2.65. The second-order valence-electron chi connectivity index (χ2n) is 4.39. The lowest BCUT2D eigenvalue weighted by atomic mass is 9.72. The molecule has 0 saturated heterocycles. The van der Waals surface area contributed by atoms with Crippen molar-refractivity contribution in [3.05, 3.63) is 6.42 Å². The van der Waals surface area contributed by atoms with Gasteiger partial charge in [0.1, 0.15) is 0 Å². The molecule has 5 N–H and O–H groups in total. The van der Waals surface area contributed by atoms with Crippen LogP contribution in [0.3, 0.4) is 0 Å². The summed E-state index contributed by atoms with van der Waals surface area (Å²) >= 11 is 0. The van der Waals surface area contributed by atoms with Gasteiger partial charge in [0.25, 0.3) is 0 Å². The number of carboxylic acid groups (broad SMARTS) is 5. The molecule has 1 radical (unpaired) electrons. The van der Waals surface area contributed by atoms with E-state index in [0.29, 0.717) is 6.92 Å². The van der Waals surface area contributed by atoms with E-state index >= 15 is 0 Å². The van der Waals surface area contributed by atoms with Crippen molar-refractivity contribution in [1.29, 1.82) is 0 Å². The molecule has 0 aromatic rings. The molecule has 0 aliphatic rings. The van der Waals surface area contributed by atoms with Gasteiger partial charge in [-0.15, -0.1) is 0 Å². The fourth-order valence-corrected chi connectivity index (χ4v) is 1.64. The van der Waals surface area contributed by atoms with Crippen LogP contribution in [0.4, 0.5) is 0 Å². The van der Waals surface area contributed by atoms with Crippen LogP contribution in [0.2, 0.25) is 0 Å². The summed E-state index contributed by atoms with van der Waals surface area (Å²) in [7, 11) is 0. The largest absolute Gasteiger partial charge is 0.481 e. The van der Waals surface area contributed by atoms with Gasteiger partial charge < -0.3 is 25.5 Å². The molecule has 0 aliphatic carbocycles. The molecule has 0 heterocycles. The number of hydrogen-bond donors (Lipinski definition) is 5. The molecule has 21 heavy (non-hydrogen) atoms. The molecule has 2 unspecified atom stereocenters. The third-order valence-corrected chi connectivity index (χ3v) is 3.03. The first kappa shape index (κ1) is 18.4. The smallest absolute Gasteiger partial charge is 0.321 e. The third kappa shape index (κ3) is 4.16. The first-order valence-corrected chi connectivity index (χ1v) is 5.44. The van der Waals surface area contributed by atoms with Gasteiger partial charge in [-0.05, 0) is 13.3 Å². The second kappa shape index (κ2) is 6.68. The van der Waals surface area contributed by atoms with Gasteiger partial charge in [0.15, 0.2) is 5.41 Å². The Morgan fingerprint density at radius 2 is 1.33 bits per heavy atom. The molecule has 0 bridgehead atoms. The molecule has 2 atom stereocenters. The monoisotopic (exact) mass is 305 g/mol. The van der Waals surface area contributed by atoms with Gasteiger partial charge >= 0.3 is 29.8 Å². The summed E-state index contributed by atoms with van der Waals surface area (Å²) in [5, 5.41) is 44.2. The van der Waals surface area contributed by atoms with E-state index in [2.05, 4.69) is 0 Å². The molecular formula is C11H13O10. The highest BCUT2D eigenvalue weighted by Gasteiger charge is 2.53. The van der Waals surface area contributed by atoms with Crippen molar-refractivity contribution >= 4 is 29.8 Å². The third-order valence-electron chi connectivity index (χ3n) is 3.03. The molecule has 0 aliphatic heterocycles. The first-order valence-electron chi connectivity index (χ1n) is 5.44. The topological polar surface area (TPSA) is 186 Å². The normalized spacial score (nSPS) is 14.0. The molecule has 0 amide bonds. The van der Waals surface area contributed by atoms with Crippen molar-refractivity contribution in [2.45, 2.75) is 13.3 Å². The number of rotatable bonds is 9. The summed E-state index contributed by atoms with van der Waals surface area (Å²) in [4.78, 5) is 54.6. The minimum Gasteiger partial charge on any atom is -0.481 e. The van der Waals surface area contributed by atoms with E-state index in [1.54, 1.807) is 0 Å². The fraction of sp³-hybridized carbons (Fsp3) is 0.455. The number of carboxylic acids is 5. The van der Waals surface area contributed by atoms with Crippen molar-refractivity contribution in [3.63, 3.8) is 0 Å². The molecule has 0 spiro atoms. The summed E-state index contributed by atoms with van der Waals surface area (Å²) in [6.07, 6.45) is -0.728. The van der Waals surface area contributed by atoms with Crippen LogP contribution < -0.4 is 0 Å². The van der Waals surface area contributed by atoms with E-state index in [0.717, 1.165) is 0 Å².